The monoisotopic (exact) mass is 248 g/mol. The van der Waals surface area contributed by atoms with Gasteiger partial charge in [0.2, 0.25) is 0 Å². The molecule has 0 fully saturated rings. The summed E-state index contributed by atoms with van der Waals surface area (Å²) in [6, 6.07) is 9.58. The van der Waals surface area contributed by atoms with Gasteiger partial charge in [-0.15, -0.1) is 0 Å². The van der Waals surface area contributed by atoms with Gasteiger partial charge in [-0.3, -0.25) is 0 Å². The fraction of sp³-hybridized carbons (Fsp3) is 0.0667. The highest BCUT2D eigenvalue weighted by molar-refractivity contribution is 5.69. The molecule has 0 aliphatic rings. The molecule has 0 saturated carbocycles. The molecule has 0 bridgehead atoms. The van der Waals surface area contributed by atoms with Crippen LogP contribution < -0.4 is 0 Å². The number of rotatable bonds is 2. The van der Waals surface area contributed by atoms with Crippen LogP contribution in [0.4, 0.5) is 13.2 Å². The van der Waals surface area contributed by atoms with E-state index in [4.69, 9.17) is 0 Å². The molecule has 92 valence electrons. The fourth-order valence-corrected chi connectivity index (χ4v) is 1.54. The summed E-state index contributed by atoms with van der Waals surface area (Å²) in [6.45, 7) is 1.97. The Morgan fingerprint density at radius 2 is 1.28 bits per heavy atom. The minimum Gasteiger partial charge on any atom is -0.204 e. The van der Waals surface area contributed by atoms with Crippen LogP contribution in [0.2, 0.25) is 0 Å². The summed E-state index contributed by atoms with van der Waals surface area (Å²) in [5.74, 6) is -3.81. The Bertz CT molecular complexity index is 560. The predicted octanol–water partition coefficient (Wildman–Crippen LogP) is 4.58. The zero-order valence-electron chi connectivity index (χ0n) is 9.75. The van der Waals surface area contributed by atoms with Crippen molar-refractivity contribution >= 4 is 12.2 Å². The molecule has 3 heteroatoms. The summed E-state index contributed by atoms with van der Waals surface area (Å²) in [5, 5.41) is 0. The minimum absolute atomic E-state index is 0.284. The van der Waals surface area contributed by atoms with Crippen LogP contribution >= 0.6 is 0 Å². The molecule has 0 unspecified atom stereocenters. The first-order valence-electron chi connectivity index (χ1n) is 5.45. The largest absolute Gasteiger partial charge is 0.204 e. The number of halogens is 3. The van der Waals surface area contributed by atoms with E-state index < -0.39 is 17.5 Å². The van der Waals surface area contributed by atoms with Crippen molar-refractivity contribution in [2.24, 2.45) is 0 Å². The molecule has 0 atom stereocenters. The molecule has 2 rings (SSSR count). The molecule has 0 aromatic heterocycles. The second kappa shape index (κ2) is 5.08. The quantitative estimate of drug-likeness (QED) is 0.539. The van der Waals surface area contributed by atoms with Gasteiger partial charge in [0.25, 0.3) is 0 Å². The maximum absolute atomic E-state index is 13.0. The van der Waals surface area contributed by atoms with Crippen LogP contribution in [-0.2, 0) is 0 Å². The van der Waals surface area contributed by atoms with Crippen molar-refractivity contribution in [3.63, 3.8) is 0 Å². The standard InChI is InChI=1S/C15H11F3/c1-10-2-4-11(5-3-10)6-7-12-8-13(16)15(18)14(17)9-12/h2-9H,1H3/b7-6-. The van der Waals surface area contributed by atoms with Gasteiger partial charge in [0.15, 0.2) is 17.5 Å². The van der Waals surface area contributed by atoms with Gasteiger partial charge in [-0.1, -0.05) is 42.0 Å². The third-order valence-electron chi connectivity index (χ3n) is 2.55. The average molecular weight is 248 g/mol. The number of hydrogen-bond acceptors (Lipinski definition) is 0. The summed E-state index contributed by atoms with van der Waals surface area (Å²) >= 11 is 0. The van der Waals surface area contributed by atoms with Crippen LogP contribution in [0.3, 0.4) is 0 Å². The Hall–Kier alpha value is -2.03. The zero-order valence-corrected chi connectivity index (χ0v) is 9.75. The molecule has 0 aliphatic carbocycles. The molecule has 0 nitrogen and oxygen atoms in total. The molecule has 0 radical (unpaired) electrons. The van der Waals surface area contributed by atoms with Crippen LogP contribution in [0, 0.1) is 24.4 Å². The summed E-state index contributed by atoms with van der Waals surface area (Å²) in [7, 11) is 0. The Balaban J connectivity index is 2.26. The smallest absolute Gasteiger partial charge is 0.194 e. The van der Waals surface area contributed by atoms with E-state index in [0.29, 0.717) is 0 Å². The lowest BCUT2D eigenvalue weighted by Crippen LogP contribution is -1.90. The summed E-state index contributed by atoms with van der Waals surface area (Å²) in [5.41, 5.74) is 2.32. The SMILES string of the molecule is Cc1ccc(/C=C\c2cc(F)c(F)c(F)c2)cc1. The first kappa shape index (κ1) is 12.4. The van der Waals surface area contributed by atoms with Crippen molar-refractivity contribution in [2.75, 3.05) is 0 Å². The lowest BCUT2D eigenvalue weighted by atomic mass is 10.1. The van der Waals surface area contributed by atoms with Crippen LogP contribution in [-0.4, -0.2) is 0 Å². The van der Waals surface area contributed by atoms with E-state index in [1.807, 2.05) is 31.2 Å². The highest BCUT2D eigenvalue weighted by Crippen LogP contribution is 2.16. The third kappa shape index (κ3) is 2.80. The van der Waals surface area contributed by atoms with E-state index in [1.165, 1.54) is 6.08 Å². The Morgan fingerprint density at radius 1 is 0.778 bits per heavy atom. The maximum Gasteiger partial charge on any atom is 0.194 e. The normalized spacial score (nSPS) is 11.1. The van der Waals surface area contributed by atoms with Crippen molar-refractivity contribution in [2.45, 2.75) is 6.92 Å². The Morgan fingerprint density at radius 3 is 1.83 bits per heavy atom. The van der Waals surface area contributed by atoms with Gasteiger partial charge in [0, 0.05) is 0 Å². The van der Waals surface area contributed by atoms with E-state index in [9.17, 15) is 13.2 Å². The third-order valence-corrected chi connectivity index (χ3v) is 2.55. The van der Waals surface area contributed by atoms with Gasteiger partial charge in [-0.2, -0.15) is 0 Å². The Kier molecular flexibility index (Phi) is 3.51. The molecule has 0 amide bonds. The molecule has 0 spiro atoms. The molecular weight excluding hydrogens is 237 g/mol. The van der Waals surface area contributed by atoms with Gasteiger partial charge < -0.3 is 0 Å². The number of benzene rings is 2. The zero-order chi connectivity index (χ0) is 13.1. The molecule has 2 aromatic carbocycles. The van der Waals surface area contributed by atoms with Crippen molar-refractivity contribution in [3.05, 3.63) is 70.5 Å². The molecule has 2 aromatic rings. The van der Waals surface area contributed by atoms with Gasteiger partial charge in [0.1, 0.15) is 0 Å². The van der Waals surface area contributed by atoms with Crippen molar-refractivity contribution in [1.82, 2.24) is 0 Å². The van der Waals surface area contributed by atoms with Gasteiger partial charge in [0.05, 0.1) is 0 Å². The Labute approximate surface area is 103 Å². The molecule has 18 heavy (non-hydrogen) atoms. The number of hydrogen-bond donors (Lipinski definition) is 0. The summed E-state index contributed by atoms with van der Waals surface area (Å²) in [6.07, 6.45) is 3.25. The highest BCUT2D eigenvalue weighted by atomic mass is 19.2. The van der Waals surface area contributed by atoms with Crippen molar-refractivity contribution in [1.29, 1.82) is 0 Å². The lowest BCUT2D eigenvalue weighted by molar-refractivity contribution is 0.447. The van der Waals surface area contributed by atoms with Gasteiger partial charge in [-0.25, -0.2) is 13.2 Å². The fourth-order valence-electron chi connectivity index (χ4n) is 1.54. The van der Waals surface area contributed by atoms with Crippen molar-refractivity contribution in [3.8, 4) is 0 Å². The topological polar surface area (TPSA) is 0 Å². The average Bonchev–Trinajstić information content (AvgIpc) is 2.35. The minimum atomic E-state index is -1.44. The first-order chi connectivity index (χ1) is 8.56. The molecule has 0 N–H and O–H groups in total. The van der Waals surface area contributed by atoms with E-state index in [1.54, 1.807) is 6.08 Å². The highest BCUT2D eigenvalue weighted by Gasteiger charge is 2.08. The second-order valence-electron chi connectivity index (χ2n) is 4.04. The predicted molar refractivity (Wildman–Crippen MR) is 66.4 cm³/mol. The summed E-state index contributed by atoms with van der Waals surface area (Å²) < 4.78 is 38.7. The van der Waals surface area contributed by atoms with Crippen LogP contribution in [0.15, 0.2) is 36.4 Å². The molecule has 0 saturated heterocycles. The van der Waals surface area contributed by atoms with Crippen molar-refractivity contribution < 1.29 is 13.2 Å². The van der Waals surface area contributed by atoms with E-state index in [0.717, 1.165) is 23.3 Å². The van der Waals surface area contributed by atoms with Gasteiger partial charge in [-0.05, 0) is 30.2 Å². The number of aryl methyl sites for hydroxylation is 1. The van der Waals surface area contributed by atoms with Crippen LogP contribution in [0.1, 0.15) is 16.7 Å². The molecular formula is C15H11F3. The maximum atomic E-state index is 13.0. The molecule has 0 aliphatic heterocycles. The first-order valence-corrected chi connectivity index (χ1v) is 5.45. The second-order valence-corrected chi connectivity index (χ2v) is 4.04. The van der Waals surface area contributed by atoms with Crippen LogP contribution in [0.5, 0.6) is 0 Å². The summed E-state index contributed by atoms with van der Waals surface area (Å²) in [4.78, 5) is 0. The lowest BCUT2D eigenvalue weighted by Gasteiger charge is -1.99. The van der Waals surface area contributed by atoms with E-state index in [-0.39, 0.29) is 5.56 Å². The van der Waals surface area contributed by atoms with E-state index >= 15 is 0 Å². The van der Waals surface area contributed by atoms with E-state index in [2.05, 4.69) is 0 Å². The molecule has 0 heterocycles. The van der Waals surface area contributed by atoms with Gasteiger partial charge >= 0.3 is 0 Å². The van der Waals surface area contributed by atoms with Crippen LogP contribution in [0.25, 0.3) is 12.2 Å².